The molecule has 3 nitrogen and oxygen atoms in total. The number of halogens is 1. The Kier molecular flexibility index (Phi) is 6.48. The molecule has 2 heterocycles. The number of carbonyl (C=O) groups excluding carboxylic acids is 1. The summed E-state index contributed by atoms with van der Waals surface area (Å²) in [5.74, 6) is 0.959. The van der Waals surface area contributed by atoms with Crippen molar-refractivity contribution < 1.29 is 4.79 Å². The van der Waals surface area contributed by atoms with Crippen LogP contribution in [0, 0.1) is 0 Å². The molecule has 24 heavy (non-hydrogen) atoms. The van der Waals surface area contributed by atoms with Gasteiger partial charge in [0.15, 0.2) is 5.13 Å². The fourth-order valence-electron chi connectivity index (χ4n) is 2.02. The summed E-state index contributed by atoms with van der Waals surface area (Å²) >= 11 is 8.32. The molecular formula is C17H15BrN2OS3. The predicted molar refractivity (Wildman–Crippen MR) is 108 cm³/mol. The van der Waals surface area contributed by atoms with Crippen LogP contribution in [0.4, 0.5) is 5.13 Å². The van der Waals surface area contributed by atoms with Crippen molar-refractivity contribution in [2.75, 3.05) is 11.1 Å². The molecule has 0 aliphatic heterocycles. The number of thiophene rings is 1. The van der Waals surface area contributed by atoms with E-state index in [9.17, 15) is 4.79 Å². The highest BCUT2D eigenvalue weighted by molar-refractivity contribution is 9.11. The lowest BCUT2D eigenvalue weighted by Gasteiger charge is -2.02. The topological polar surface area (TPSA) is 42.0 Å². The first-order chi connectivity index (χ1) is 11.7. The van der Waals surface area contributed by atoms with Gasteiger partial charge in [0.2, 0.25) is 5.91 Å². The Morgan fingerprint density at radius 3 is 2.79 bits per heavy atom. The molecule has 3 aromatic rings. The van der Waals surface area contributed by atoms with Gasteiger partial charge in [-0.3, -0.25) is 4.79 Å². The zero-order chi connectivity index (χ0) is 16.8. The fourth-order valence-corrected chi connectivity index (χ4v) is 5.04. The van der Waals surface area contributed by atoms with E-state index in [1.807, 2.05) is 35.7 Å². The number of amides is 1. The van der Waals surface area contributed by atoms with E-state index >= 15 is 0 Å². The molecule has 3 rings (SSSR count). The molecule has 0 aliphatic rings. The lowest BCUT2D eigenvalue weighted by atomic mass is 10.3. The number of nitrogens with one attached hydrogen (secondary N) is 1. The third-order valence-electron chi connectivity index (χ3n) is 3.14. The highest BCUT2D eigenvalue weighted by Crippen LogP contribution is 2.33. The smallest absolute Gasteiger partial charge is 0.226 e. The van der Waals surface area contributed by atoms with Crippen molar-refractivity contribution in [1.82, 2.24) is 4.98 Å². The van der Waals surface area contributed by atoms with E-state index in [1.54, 1.807) is 23.1 Å². The van der Waals surface area contributed by atoms with Gasteiger partial charge in [0.05, 0.1) is 14.4 Å². The number of hydrogen-bond donors (Lipinski definition) is 1. The number of carbonyl (C=O) groups is 1. The molecule has 0 spiro atoms. The van der Waals surface area contributed by atoms with E-state index in [0.29, 0.717) is 11.6 Å². The van der Waals surface area contributed by atoms with Crippen LogP contribution in [-0.2, 0) is 4.79 Å². The Labute approximate surface area is 161 Å². The molecule has 0 aliphatic carbocycles. The van der Waals surface area contributed by atoms with Gasteiger partial charge in [0, 0.05) is 16.7 Å². The predicted octanol–water partition coefficient (Wildman–Crippen LogP) is 6.15. The third kappa shape index (κ3) is 5.17. The molecule has 0 atom stereocenters. The molecule has 124 valence electrons. The molecule has 7 heteroatoms. The van der Waals surface area contributed by atoms with E-state index < -0.39 is 0 Å². The number of anilines is 1. The van der Waals surface area contributed by atoms with Crippen molar-refractivity contribution in [3.05, 3.63) is 51.6 Å². The quantitative estimate of drug-likeness (QED) is 0.355. The van der Waals surface area contributed by atoms with Gasteiger partial charge in [-0.2, -0.15) is 0 Å². The van der Waals surface area contributed by atoms with E-state index in [4.69, 9.17) is 0 Å². The summed E-state index contributed by atoms with van der Waals surface area (Å²) in [6, 6.07) is 14.3. The van der Waals surface area contributed by atoms with Crippen molar-refractivity contribution in [2.24, 2.45) is 0 Å². The summed E-state index contributed by atoms with van der Waals surface area (Å²) in [4.78, 5) is 18.8. The number of benzene rings is 1. The maximum absolute atomic E-state index is 12.0. The van der Waals surface area contributed by atoms with Gasteiger partial charge in [-0.05, 0) is 52.4 Å². The van der Waals surface area contributed by atoms with E-state index in [-0.39, 0.29) is 5.91 Å². The zero-order valence-electron chi connectivity index (χ0n) is 12.7. The molecule has 0 radical (unpaired) electrons. The second-order valence-corrected chi connectivity index (χ2v) is 9.44. The van der Waals surface area contributed by atoms with Crippen LogP contribution in [0.5, 0.6) is 0 Å². The Balaban J connectivity index is 1.43. The minimum Gasteiger partial charge on any atom is -0.302 e. The molecule has 1 N–H and O–H groups in total. The largest absolute Gasteiger partial charge is 0.302 e. The Morgan fingerprint density at radius 2 is 2.04 bits per heavy atom. The maximum Gasteiger partial charge on any atom is 0.226 e. The van der Waals surface area contributed by atoms with E-state index in [0.717, 1.165) is 26.5 Å². The normalized spacial score (nSPS) is 10.7. The van der Waals surface area contributed by atoms with Gasteiger partial charge in [0.1, 0.15) is 0 Å². The third-order valence-corrected chi connectivity index (χ3v) is 6.64. The standard InChI is InChI=1S/C17H15BrN2OS3/c18-15-9-8-14(24-15)13-11-23-17(19-13)20-16(21)7-4-10-22-12-5-2-1-3-6-12/h1-3,5-6,8-9,11H,4,7,10H2,(H,19,20,21). The minimum atomic E-state index is 0.0249. The molecule has 0 bridgehead atoms. The Bertz CT molecular complexity index is 801. The average Bonchev–Trinajstić information content (AvgIpc) is 3.21. The first-order valence-electron chi connectivity index (χ1n) is 7.39. The summed E-state index contributed by atoms with van der Waals surface area (Å²) in [6.07, 6.45) is 1.36. The molecule has 0 saturated carbocycles. The number of thioether (sulfide) groups is 1. The van der Waals surface area contributed by atoms with Crippen LogP contribution >= 0.6 is 50.4 Å². The molecule has 0 saturated heterocycles. The van der Waals surface area contributed by atoms with Gasteiger partial charge >= 0.3 is 0 Å². The zero-order valence-corrected chi connectivity index (χ0v) is 16.7. The molecule has 1 amide bonds. The second kappa shape index (κ2) is 8.80. The highest BCUT2D eigenvalue weighted by Gasteiger charge is 2.09. The highest BCUT2D eigenvalue weighted by atomic mass is 79.9. The van der Waals surface area contributed by atoms with Gasteiger partial charge in [-0.25, -0.2) is 4.98 Å². The SMILES string of the molecule is O=C(CCCSc1ccccc1)Nc1nc(-c2ccc(Br)s2)cs1. The molecule has 1 aromatic carbocycles. The number of thiazole rings is 1. The lowest BCUT2D eigenvalue weighted by Crippen LogP contribution is -2.11. The summed E-state index contributed by atoms with van der Waals surface area (Å²) in [6.45, 7) is 0. The Morgan fingerprint density at radius 1 is 1.21 bits per heavy atom. The van der Waals surface area contributed by atoms with Crippen LogP contribution in [0.25, 0.3) is 10.6 Å². The molecule has 0 fully saturated rings. The van der Waals surface area contributed by atoms with Crippen LogP contribution < -0.4 is 5.32 Å². The second-order valence-electron chi connectivity index (χ2n) is 4.95. The number of hydrogen-bond acceptors (Lipinski definition) is 5. The van der Waals surface area contributed by atoms with Crippen molar-refractivity contribution in [2.45, 2.75) is 17.7 Å². The minimum absolute atomic E-state index is 0.0249. The fraction of sp³-hybridized carbons (Fsp3) is 0.176. The Hall–Kier alpha value is -1.15. The summed E-state index contributed by atoms with van der Waals surface area (Å²) in [5.41, 5.74) is 0.908. The lowest BCUT2D eigenvalue weighted by molar-refractivity contribution is -0.116. The summed E-state index contributed by atoms with van der Waals surface area (Å²) < 4.78 is 1.08. The monoisotopic (exact) mass is 438 g/mol. The molecule has 2 aromatic heterocycles. The number of aromatic nitrogens is 1. The van der Waals surface area contributed by atoms with Crippen molar-refractivity contribution >= 4 is 61.4 Å². The van der Waals surface area contributed by atoms with Crippen molar-refractivity contribution in [3.63, 3.8) is 0 Å². The van der Waals surface area contributed by atoms with Crippen molar-refractivity contribution in [1.29, 1.82) is 0 Å². The van der Waals surface area contributed by atoms with Crippen LogP contribution in [-0.4, -0.2) is 16.6 Å². The van der Waals surface area contributed by atoms with Crippen LogP contribution in [0.3, 0.4) is 0 Å². The van der Waals surface area contributed by atoms with Crippen molar-refractivity contribution in [3.8, 4) is 10.6 Å². The maximum atomic E-state index is 12.0. The first-order valence-corrected chi connectivity index (χ1v) is 10.9. The van der Waals surface area contributed by atoms with Crippen LogP contribution in [0.2, 0.25) is 0 Å². The van der Waals surface area contributed by atoms with Gasteiger partial charge in [-0.15, -0.1) is 34.4 Å². The summed E-state index contributed by atoms with van der Waals surface area (Å²) in [5, 5.41) is 5.52. The summed E-state index contributed by atoms with van der Waals surface area (Å²) in [7, 11) is 0. The number of nitrogens with zero attached hydrogens (tertiary/aromatic N) is 1. The van der Waals surface area contributed by atoms with Gasteiger partial charge in [0.25, 0.3) is 0 Å². The van der Waals surface area contributed by atoms with E-state index in [2.05, 4.69) is 38.4 Å². The van der Waals surface area contributed by atoms with E-state index in [1.165, 1.54) is 16.2 Å². The molecular weight excluding hydrogens is 424 g/mol. The number of rotatable bonds is 7. The first kappa shape index (κ1) is 17.7. The van der Waals surface area contributed by atoms with Crippen LogP contribution in [0.1, 0.15) is 12.8 Å². The van der Waals surface area contributed by atoms with Gasteiger partial charge in [-0.1, -0.05) is 18.2 Å². The average molecular weight is 439 g/mol. The van der Waals surface area contributed by atoms with Gasteiger partial charge < -0.3 is 5.32 Å². The molecule has 0 unspecified atom stereocenters. The van der Waals surface area contributed by atoms with Crippen LogP contribution in [0.15, 0.2) is 56.5 Å².